The van der Waals surface area contributed by atoms with Crippen molar-refractivity contribution in [1.29, 1.82) is 0 Å². The summed E-state index contributed by atoms with van der Waals surface area (Å²) in [5, 5.41) is 3.12. The third-order valence-corrected chi connectivity index (χ3v) is 5.19. The molecule has 3 aromatic rings. The van der Waals surface area contributed by atoms with Gasteiger partial charge in [-0.15, -0.1) is 11.3 Å². The van der Waals surface area contributed by atoms with E-state index in [1.54, 1.807) is 15.9 Å². The highest BCUT2D eigenvalue weighted by atomic mass is 32.2. The van der Waals surface area contributed by atoms with Crippen molar-refractivity contribution in [3.63, 3.8) is 0 Å². The van der Waals surface area contributed by atoms with Crippen LogP contribution in [0, 0.1) is 0 Å². The minimum Gasteiger partial charge on any atom is -0.309 e. The number of aryl methyl sites for hydroxylation is 1. The molecular weight excluding hydrogens is 306 g/mol. The Morgan fingerprint density at radius 1 is 1.24 bits per heavy atom. The van der Waals surface area contributed by atoms with Crippen LogP contribution in [0.5, 0.6) is 0 Å². The Morgan fingerprint density at radius 3 is 2.67 bits per heavy atom. The van der Waals surface area contributed by atoms with Gasteiger partial charge in [0.25, 0.3) is 0 Å². The van der Waals surface area contributed by atoms with E-state index in [4.69, 9.17) is 0 Å². The zero-order valence-corrected chi connectivity index (χ0v) is 13.4. The van der Waals surface area contributed by atoms with E-state index in [-0.39, 0.29) is 5.16 Å². The maximum atomic E-state index is 12.0. The van der Waals surface area contributed by atoms with E-state index < -0.39 is 9.84 Å². The number of nitrogens with zero attached hydrogens (tertiary/aromatic N) is 3. The number of thiazole rings is 1. The minimum absolute atomic E-state index is 0.0924. The minimum atomic E-state index is -3.39. The average Bonchev–Trinajstić information content (AvgIpc) is 3.04. The summed E-state index contributed by atoms with van der Waals surface area (Å²) in [6.07, 6.45) is 2.07. The van der Waals surface area contributed by atoms with Gasteiger partial charge >= 0.3 is 0 Å². The molecule has 0 bridgehead atoms. The van der Waals surface area contributed by atoms with Crippen molar-refractivity contribution in [2.45, 2.75) is 25.0 Å². The van der Waals surface area contributed by atoms with Gasteiger partial charge in [-0.05, 0) is 18.6 Å². The molecule has 2 aromatic heterocycles. The fraction of sp³-hybridized carbons (Fsp3) is 0.286. The standard InChI is InChI=1S/C14H15N3O2S2/c1-3-13-15-10(9-20-13)8-17-12-7-5-4-6-11(12)16-14(17)21(2,18)19/h4-7,9H,3,8H2,1-2H3. The Kier molecular flexibility index (Phi) is 3.54. The van der Waals surface area contributed by atoms with Crippen molar-refractivity contribution in [2.75, 3.05) is 6.26 Å². The molecule has 0 saturated carbocycles. The summed E-state index contributed by atoms with van der Waals surface area (Å²) in [6.45, 7) is 2.47. The van der Waals surface area contributed by atoms with Gasteiger partial charge in [0.2, 0.25) is 15.0 Å². The summed E-state index contributed by atoms with van der Waals surface area (Å²) >= 11 is 1.60. The van der Waals surface area contributed by atoms with E-state index in [0.717, 1.165) is 22.6 Å². The molecular formula is C14H15N3O2S2. The first kappa shape index (κ1) is 14.2. The molecule has 21 heavy (non-hydrogen) atoms. The van der Waals surface area contributed by atoms with Gasteiger partial charge in [0.1, 0.15) is 0 Å². The lowest BCUT2D eigenvalue weighted by atomic mass is 10.3. The Balaban J connectivity index is 2.15. The number of imidazole rings is 1. The molecule has 2 heterocycles. The maximum Gasteiger partial charge on any atom is 0.228 e. The summed E-state index contributed by atoms with van der Waals surface area (Å²) < 4.78 is 25.7. The molecule has 0 fully saturated rings. The Labute approximate surface area is 127 Å². The molecule has 0 saturated heterocycles. The van der Waals surface area contributed by atoms with Crippen molar-refractivity contribution >= 4 is 32.2 Å². The van der Waals surface area contributed by atoms with Crippen molar-refractivity contribution in [3.05, 3.63) is 40.3 Å². The van der Waals surface area contributed by atoms with Crippen LogP contribution in [0.2, 0.25) is 0 Å². The number of hydrogen-bond acceptors (Lipinski definition) is 5. The number of hydrogen-bond donors (Lipinski definition) is 0. The number of aromatic nitrogens is 3. The molecule has 0 unspecified atom stereocenters. The summed E-state index contributed by atoms with van der Waals surface area (Å²) in [4.78, 5) is 8.77. The fourth-order valence-corrected chi connectivity index (χ4v) is 3.80. The molecule has 5 nitrogen and oxygen atoms in total. The van der Waals surface area contributed by atoms with Gasteiger partial charge < -0.3 is 4.57 Å². The predicted molar refractivity (Wildman–Crippen MR) is 83.4 cm³/mol. The molecule has 0 N–H and O–H groups in total. The second kappa shape index (κ2) is 5.23. The number of fused-ring (bicyclic) bond motifs is 1. The summed E-state index contributed by atoms with van der Waals surface area (Å²) in [6, 6.07) is 7.43. The van der Waals surface area contributed by atoms with Crippen LogP contribution in [-0.4, -0.2) is 29.2 Å². The molecule has 0 aliphatic heterocycles. The Hall–Kier alpha value is -1.73. The van der Waals surface area contributed by atoms with Gasteiger partial charge in [0.05, 0.1) is 28.3 Å². The fourth-order valence-electron chi connectivity index (χ4n) is 2.24. The molecule has 110 valence electrons. The largest absolute Gasteiger partial charge is 0.309 e. The van der Waals surface area contributed by atoms with Crippen LogP contribution in [-0.2, 0) is 22.8 Å². The zero-order valence-electron chi connectivity index (χ0n) is 11.8. The number of sulfone groups is 1. The van der Waals surface area contributed by atoms with Gasteiger partial charge in [0.15, 0.2) is 0 Å². The van der Waals surface area contributed by atoms with Crippen molar-refractivity contribution < 1.29 is 8.42 Å². The maximum absolute atomic E-state index is 12.0. The van der Waals surface area contributed by atoms with Gasteiger partial charge in [-0.3, -0.25) is 0 Å². The molecule has 0 aliphatic carbocycles. The molecule has 3 rings (SSSR count). The molecule has 0 atom stereocenters. The summed E-state index contributed by atoms with van der Waals surface area (Å²) in [5.41, 5.74) is 2.36. The Morgan fingerprint density at radius 2 is 2.00 bits per heavy atom. The molecule has 0 amide bonds. The first-order chi connectivity index (χ1) is 9.99. The molecule has 1 aromatic carbocycles. The second-order valence-corrected chi connectivity index (χ2v) is 7.68. The number of para-hydroxylation sites is 2. The highest BCUT2D eigenvalue weighted by molar-refractivity contribution is 7.90. The lowest BCUT2D eigenvalue weighted by molar-refractivity contribution is 0.580. The summed E-state index contributed by atoms with van der Waals surface area (Å²) in [7, 11) is -3.39. The van der Waals surface area contributed by atoms with E-state index in [1.165, 1.54) is 6.26 Å². The van der Waals surface area contributed by atoms with Crippen LogP contribution in [0.1, 0.15) is 17.6 Å². The lowest BCUT2D eigenvalue weighted by Crippen LogP contribution is -2.10. The van der Waals surface area contributed by atoms with E-state index >= 15 is 0 Å². The molecule has 7 heteroatoms. The van der Waals surface area contributed by atoms with Crippen LogP contribution < -0.4 is 0 Å². The quantitative estimate of drug-likeness (QED) is 0.740. The smallest absolute Gasteiger partial charge is 0.228 e. The van der Waals surface area contributed by atoms with Crippen LogP contribution in [0.25, 0.3) is 11.0 Å². The van der Waals surface area contributed by atoms with Crippen molar-refractivity contribution in [2.24, 2.45) is 0 Å². The monoisotopic (exact) mass is 321 g/mol. The molecule has 0 aliphatic rings. The van der Waals surface area contributed by atoms with Crippen LogP contribution in [0.3, 0.4) is 0 Å². The third-order valence-electron chi connectivity index (χ3n) is 3.17. The SMILES string of the molecule is CCc1nc(Cn2c(S(C)(=O)=O)nc3ccccc32)cs1. The third kappa shape index (κ3) is 2.71. The van der Waals surface area contributed by atoms with Gasteiger partial charge in [-0.2, -0.15) is 0 Å². The van der Waals surface area contributed by atoms with Crippen LogP contribution in [0.15, 0.2) is 34.8 Å². The average molecular weight is 321 g/mol. The van der Waals surface area contributed by atoms with Crippen molar-refractivity contribution in [1.82, 2.24) is 14.5 Å². The zero-order chi connectivity index (χ0) is 15.0. The first-order valence-corrected chi connectivity index (χ1v) is 9.34. The van der Waals surface area contributed by atoms with E-state index in [9.17, 15) is 8.42 Å². The van der Waals surface area contributed by atoms with Crippen LogP contribution >= 0.6 is 11.3 Å². The second-order valence-electron chi connectivity index (χ2n) is 4.83. The van der Waals surface area contributed by atoms with E-state index in [1.807, 2.05) is 29.6 Å². The highest BCUT2D eigenvalue weighted by Crippen LogP contribution is 2.21. The Bertz CT molecular complexity index is 894. The topological polar surface area (TPSA) is 64.8 Å². The first-order valence-electron chi connectivity index (χ1n) is 6.57. The normalized spacial score (nSPS) is 12.1. The van der Waals surface area contributed by atoms with Gasteiger partial charge in [0, 0.05) is 11.6 Å². The van der Waals surface area contributed by atoms with E-state index in [0.29, 0.717) is 12.1 Å². The van der Waals surface area contributed by atoms with Crippen molar-refractivity contribution in [3.8, 4) is 0 Å². The number of rotatable bonds is 4. The van der Waals surface area contributed by atoms with Gasteiger partial charge in [-0.25, -0.2) is 18.4 Å². The number of benzene rings is 1. The lowest BCUT2D eigenvalue weighted by Gasteiger charge is -2.05. The molecule has 0 spiro atoms. The highest BCUT2D eigenvalue weighted by Gasteiger charge is 2.19. The molecule has 0 radical (unpaired) electrons. The van der Waals surface area contributed by atoms with Gasteiger partial charge in [-0.1, -0.05) is 19.1 Å². The summed E-state index contributed by atoms with van der Waals surface area (Å²) in [5.74, 6) is 0. The van der Waals surface area contributed by atoms with E-state index in [2.05, 4.69) is 16.9 Å². The predicted octanol–water partition coefficient (Wildman–Crippen LogP) is 2.51. The van der Waals surface area contributed by atoms with Crippen LogP contribution in [0.4, 0.5) is 0 Å².